The number of hydrogen-bond acceptors (Lipinski definition) is 5. The predicted octanol–water partition coefficient (Wildman–Crippen LogP) is 2.60. The van der Waals surface area contributed by atoms with E-state index >= 15 is 0 Å². The van der Waals surface area contributed by atoms with Gasteiger partial charge in [-0.1, -0.05) is 12.1 Å². The highest BCUT2D eigenvalue weighted by Crippen LogP contribution is 2.27. The van der Waals surface area contributed by atoms with E-state index < -0.39 is 9.84 Å². The monoisotopic (exact) mass is 419 g/mol. The van der Waals surface area contributed by atoms with Crippen molar-refractivity contribution >= 4 is 15.7 Å². The minimum atomic E-state index is -2.98. The van der Waals surface area contributed by atoms with Gasteiger partial charge < -0.3 is 9.64 Å². The van der Waals surface area contributed by atoms with Gasteiger partial charge in [0.2, 0.25) is 5.91 Å². The lowest BCUT2D eigenvalue weighted by Gasteiger charge is -2.18. The van der Waals surface area contributed by atoms with E-state index in [1.54, 1.807) is 11.9 Å². The van der Waals surface area contributed by atoms with E-state index in [0.29, 0.717) is 19.6 Å². The number of ether oxygens (including phenoxy) is 1. The van der Waals surface area contributed by atoms with E-state index in [1.165, 1.54) is 0 Å². The van der Waals surface area contributed by atoms with Crippen LogP contribution in [0.4, 0.5) is 0 Å². The van der Waals surface area contributed by atoms with Crippen LogP contribution < -0.4 is 4.74 Å². The molecule has 1 atom stereocenters. The molecule has 0 spiro atoms. The van der Waals surface area contributed by atoms with Crippen LogP contribution in [0.15, 0.2) is 24.3 Å². The van der Waals surface area contributed by atoms with Crippen LogP contribution in [0.5, 0.6) is 5.75 Å². The Morgan fingerprint density at radius 2 is 2.07 bits per heavy atom. The minimum absolute atomic E-state index is 0.00681. The molecule has 1 aromatic carbocycles. The lowest BCUT2D eigenvalue weighted by Crippen LogP contribution is -2.28. The first kappa shape index (κ1) is 21.4. The zero-order valence-corrected chi connectivity index (χ0v) is 18.3. The van der Waals surface area contributed by atoms with Crippen molar-refractivity contribution in [3.8, 4) is 5.75 Å². The fraction of sp³-hybridized carbons (Fsp3) is 0.524. The van der Waals surface area contributed by atoms with Gasteiger partial charge in [0.25, 0.3) is 0 Å². The number of carbonyl (C=O) groups is 1. The fourth-order valence-corrected chi connectivity index (χ4v) is 5.42. The number of rotatable bonds is 7. The molecule has 1 amide bonds. The van der Waals surface area contributed by atoms with Crippen LogP contribution in [-0.2, 0) is 21.2 Å². The van der Waals surface area contributed by atoms with Gasteiger partial charge >= 0.3 is 0 Å². The number of amides is 1. The molecule has 0 bridgehead atoms. The number of hydrogen-bond donors (Lipinski definition) is 0. The number of sulfone groups is 1. The third kappa shape index (κ3) is 5.18. The van der Waals surface area contributed by atoms with Gasteiger partial charge in [0.15, 0.2) is 9.84 Å². The lowest BCUT2D eigenvalue weighted by atomic mass is 10.1. The van der Waals surface area contributed by atoms with Crippen LogP contribution in [0, 0.1) is 20.8 Å². The van der Waals surface area contributed by atoms with Gasteiger partial charge in [-0.05, 0) is 44.9 Å². The molecule has 158 valence electrons. The van der Waals surface area contributed by atoms with Gasteiger partial charge in [0, 0.05) is 24.8 Å². The lowest BCUT2D eigenvalue weighted by molar-refractivity contribution is -0.130. The number of aromatic nitrogens is 2. The van der Waals surface area contributed by atoms with Gasteiger partial charge in [-0.2, -0.15) is 5.10 Å². The van der Waals surface area contributed by atoms with Crippen molar-refractivity contribution in [2.24, 2.45) is 0 Å². The number of nitrogens with zero attached hydrogens (tertiary/aromatic N) is 3. The zero-order valence-electron chi connectivity index (χ0n) is 17.5. The van der Waals surface area contributed by atoms with Crippen LogP contribution in [0.2, 0.25) is 0 Å². The maximum absolute atomic E-state index is 12.5. The molecule has 1 saturated heterocycles. The van der Waals surface area contributed by atoms with E-state index in [-0.39, 0.29) is 29.9 Å². The zero-order chi connectivity index (χ0) is 21.2. The normalized spacial score (nSPS) is 18.0. The molecule has 0 aliphatic carbocycles. The molecule has 2 heterocycles. The van der Waals surface area contributed by atoms with Crippen molar-refractivity contribution in [1.29, 1.82) is 0 Å². The van der Waals surface area contributed by atoms with E-state index in [4.69, 9.17) is 4.74 Å². The minimum Gasteiger partial charge on any atom is -0.493 e. The van der Waals surface area contributed by atoms with Crippen LogP contribution in [-0.4, -0.2) is 54.2 Å². The third-order valence-electron chi connectivity index (χ3n) is 5.42. The second kappa shape index (κ2) is 8.57. The maximum atomic E-state index is 12.5. The van der Waals surface area contributed by atoms with E-state index in [9.17, 15) is 13.2 Å². The van der Waals surface area contributed by atoms with Gasteiger partial charge in [0.1, 0.15) is 5.75 Å². The Morgan fingerprint density at radius 3 is 2.72 bits per heavy atom. The molecule has 29 heavy (non-hydrogen) atoms. The smallest absolute Gasteiger partial charge is 0.226 e. The summed E-state index contributed by atoms with van der Waals surface area (Å²) in [6.07, 6.45) is 0.881. The topological polar surface area (TPSA) is 81.5 Å². The Morgan fingerprint density at radius 1 is 1.31 bits per heavy atom. The molecule has 1 aliphatic heterocycles. The summed E-state index contributed by atoms with van der Waals surface area (Å²) in [5.74, 6) is 1.11. The molecule has 0 unspecified atom stereocenters. The number of aryl methyl sites for hydroxylation is 2. The Hall–Kier alpha value is -2.35. The Kier molecular flexibility index (Phi) is 6.31. The van der Waals surface area contributed by atoms with Gasteiger partial charge in [-0.25, -0.2) is 8.42 Å². The first-order chi connectivity index (χ1) is 13.7. The van der Waals surface area contributed by atoms with Crippen molar-refractivity contribution in [3.63, 3.8) is 0 Å². The second-order valence-corrected chi connectivity index (χ2v) is 10.0. The maximum Gasteiger partial charge on any atom is 0.226 e. The first-order valence-corrected chi connectivity index (χ1v) is 11.7. The van der Waals surface area contributed by atoms with E-state index in [2.05, 4.69) is 5.10 Å². The standard InChI is InChI=1S/C21H29N3O4S/c1-15-6-5-7-19(12-15)28-10-8-21(25)23(4)13-20-16(2)22-24(17(20)3)18-9-11-29(26,27)14-18/h5-7,12,18H,8-11,13-14H2,1-4H3/t18-/m1/s1. The van der Waals surface area contributed by atoms with E-state index in [1.807, 2.05) is 49.7 Å². The molecule has 2 aromatic rings. The molecular formula is C21H29N3O4S. The summed E-state index contributed by atoms with van der Waals surface area (Å²) >= 11 is 0. The Balaban J connectivity index is 1.58. The third-order valence-corrected chi connectivity index (χ3v) is 7.17. The largest absolute Gasteiger partial charge is 0.493 e. The Bertz CT molecular complexity index is 997. The summed E-state index contributed by atoms with van der Waals surface area (Å²) in [4.78, 5) is 14.2. The highest BCUT2D eigenvalue weighted by molar-refractivity contribution is 7.91. The van der Waals surface area contributed by atoms with Gasteiger partial charge in [-0.15, -0.1) is 0 Å². The summed E-state index contributed by atoms with van der Waals surface area (Å²) in [6.45, 7) is 6.61. The highest BCUT2D eigenvalue weighted by atomic mass is 32.2. The molecule has 8 heteroatoms. The van der Waals surface area contributed by atoms with Crippen LogP contribution >= 0.6 is 0 Å². The molecule has 1 fully saturated rings. The summed E-state index contributed by atoms with van der Waals surface area (Å²) in [6, 6.07) is 7.63. The SMILES string of the molecule is Cc1cccc(OCCC(=O)N(C)Cc2c(C)nn([C@@H]3CCS(=O)(=O)C3)c2C)c1. The first-order valence-electron chi connectivity index (χ1n) is 9.85. The highest BCUT2D eigenvalue weighted by Gasteiger charge is 2.31. The van der Waals surface area contributed by atoms with Crippen LogP contribution in [0.3, 0.4) is 0 Å². The molecule has 1 aliphatic rings. The van der Waals surface area contributed by atoms with E-state index in [0.717, 1.165) is 28.3 Å². The fourth-order valence-electron chi connectivity index (χ4n) is 3.73. The molecule has 7 nitrogen and oxygen atoms in total. The summed E-state index contributed by atoms with van der Waals surface area (Å²) < 4.78 is 31.1. The molecule has 1 aromatic heterocycles. The van der Waals surface area contributed by atoms with Crippen molar-refractivity contribution in [2.45, 2.75) is 46.2 Å². The van der Waals surface area contributed by atoms with Gasteiger partial charge in [-0.3, -0.25) is 9.48 Å². The average molecular weight is 420 g/mol. The molecule has 0 saturated carbocycles. The van der Waals surface area contributed by atoms with Crippen LogP contribution in [0.25, 0.3) is 0 Å². The summed E-state index contributed by atoms with van der Waals surface area (Å²) in [5, 5.41) is 4.57. The van der Waals surface area contributed by atoms with Crippen molar-refractivity contribution < 1.29 is 17.9 Å². The van der Waals surface area contributed by atoms with Crippen molar-refractivity contribution in [2.75, 3.05) is 25.2 Å². The Labute approximate surface area is 172 Å². The molecule has 0 radical (unpaired) electrons. The second-order valence-electron chi connectivity index (χ2n) is 7.82. The number of carbonyl (C=O) groups excluding carboxylic acids is 1. The van der Waals surface area contributed by atoms with Gasteiger partial charge in [0.05, 0.1) is 36.3 Å². The van der Waals surface area contributed by atoms with Crippen molar-refractivity contribution in [1.82, 2.24) is 14.7 Å². The van der Waals surface area contributed by atoms with Crippen molar-refractivity contribution in [3.05, 3.63) is 46.8 Å². The predicted molar refractivity (Wildman–Crippen MR) is 112 cm³/mol. The molecule has 3 rings (SSSR count). The van der Waals surface area contributed by atoms with Crippen LogP contribution in [0.1, 0.15) is 41.4 Å². The quantitative estimate of drug-likeness (QED) is 0.689. The molecular weight excluding hydrogens is 390 g/mol. The molecule has 0 N–H and O–H groups in total. The average Bonchev–Trinajstić information content (AvgIpc) is 3.15. The summed E-state index contributed by atoms with van der Waals surface area (Å²) in [5.41, 5.74) is 3.86. The summed E-state index contributed by atoms with van der Waals surface area (Å²) in [7, 11) is -1.21. The number of benzene rings is 1.